The highest BCUT2D eigenvalue weighted by Gasteiger charge is 2.08. The van der Waals surface area contributed by atoms with Gasteiger partial charge in [0.15, 0.2) is 11.5 Å². The molecule has 0 saturated carbocycles. The number of rotatable bonds is 10. The fraction of sp³-hybridized carbons (Fsp3) is 0.391. The van der Waals surface area contributed by atoms with Crippen molar-refractivity contribution in [2.24, 2.45) is 5.10 Å². The van der Waals surface area contributed by atoms with Crippen LogP contribution in [0, 0.1) is 13.8 Å². The van der Waals surface area contributed by atoms with E-state index in [-0.39, 0.29) is 5.91 Å². The molecule has 5 nitrogen and oxygen atoms in total. The van der Waals surface area contributed by atoms with Crippen LogP contribution in [-0.4, -0.2) is 18.7 Å². The van der Waals surface area contributed by atoms with Crippen LogP contribution in [0.4, 0.5) is 0 Å². The van der Waals surface area contributed by atoms with E-state index >= 15 is 0 Å². The number of nitrogens with one attached hydrogen (secondary N) is 1. The van der Waals surface area contributed by atoms with Crippen molar-refractivity contribution >= 4 is 12.1 Å². The van der Waals surface area contributed by atoms with E-state index in [1.165, 1.54) is 11.1 Å². The fourth-order valence-electron chi connectivity index (χ4n) is 2.68. The molecule has 2 rings (SSSR count). The van der Waals surface area contributed by atoms with Gasteiger partial charge >= 0.3 is 0 Å². The average molecular weight is 383 g/mol. The normalized spacial score (nSPS) is 10.9. The monoisotopic (exact) mass is 382 g/mol. The van der Waals surface area contributed by atoms with Gasteiger partial charge in [0.1, 0.15) is 6.61 Å². The molecular weight excluding hydrogens is 352 g/mol. The smallest absolute Gasteiger partial charge is 0.240 e. The number of hydrogen-bond acceptors (Lipinski definition) is 4. The van der Waals surface area contributed by atoms with Crippen molar-refractivity contribution in [2.45, 2.75) is 53.6 Å². The molecule has 0 aliphatic heterocycles. The van der Waals surface area contributed by atoms with E-state index in [0.29, 0.717) is 31.1 Å². The van der Waals surface area contributed by atoms with E-state index in [9.17, 15) is 4.79 Å². The first-order chi connectivity index (χ1) is 13.5. The zero-order chi connectivity index (χ0) is 20.4. The highest BCUT2D eigenvalue weighted by molar-refractivity contribution is 5.83. The SMILES string of the molecule is CCCCC(=O)N/N=C/c1ccc(OCc2cc(C)ccc2C)c(OCC)c1. The Balaban J connectivity index is 2.05. The summed E-state index contributed by atoms with van der Waals surface area (Å²) < 4.78 is 11.7. The van der Waals surface area contributed by atoms with Gasteiger partial charge in [0.05, 0.1) is 12.8 Å². The summed E-state index contributed by atoms with van der Waals surface area (Å²) in [6.45, 7) is 9.15. The van der Waals surface area contributed by atoms with Gasteiger partial charge in [0, 0.05) is 6.42 Å². The Morgan fingerprint density at radius 3 is 2.64 bits per heavy atom. The summed E-state index contributed by atoms with van der Waals surface area (Å²) in [5, 5.41) is 4.02. The van der Waals surface area contributed by atoms with E-state index in [2.05, 4.69) is 49.5 Å². The van der Waals surface area contributed by atoms with Crippen molar-refractivity contribution < 1.29 is 14.3 Å². The van der Waals surface area contributed by atoms with Crippen LogP contribution in [0.5, 0.6) is 11.5 Å². The topological polar surface area (TPSA) is 59.9 Å². The lowest BCUT2D eigenvalue weighted by molar-refractivity contribution is -0.121. The number of aryl methyl sites for hydroxylation is 2. The number of carbonyl (C=O) groups excluding carboxylic acids is 1. The van der Waals surface area contributed by atoms with Crippen LogP contribution in [-0.2, 0) is 11.4 Å². The van der Waals surface area contributed by atoms with E-state index < -0.39 is 0 Å². The van der Waals surface area contributed by atoms with E-state index in [0.717, 1.165) is 24.0 Å². The predicted octanol–water partition coefficient (Wildman–Crippen LogP) is 4.92. The molecule has 0 aliphatic carbocycles. The lowest BCUT2D eigenvalue weighted by Gasteiger charge is -2.14. The summed E-state index contributed by atoms with van der Waals surface area (Å²) in [7, 11) is 0. The molecule has 0 heterocycles. The van der Waals surface area contributed by atoms with Gasteiger partial charge in [-0.3, -0.25) is 4.79 Å². The highest BCUT2D eigenvalue weighted by Crippen LogP contribution is 2.29. The molecule has 2 aromatic rings. The van der Waals surface area contributed by atoms with E-state index in [1.807, 2.05) is 25.1 Å². The minimum absolute atomic E-state index is 0.0726. The number of nitrogens with zero attached hydrogens (tertiary/aromatic N) is 1. The first-order valence-electron chi connectivity index (χ1n) is 9.81. The standard InChI is InChI=1S/C23H30N2O3/c1-5-7-8-23(26)25-24-15-19-11-12-21(22(14-19)27-6-2)28-16-20-13-17(3)9-10-18(20)4/h9-15H,5-8,16H2,1-4H3,(H,25,26)/b24-15+. The molecule has 1 amide bonds. The Morgan fingerprint density at radius 2 is 1.89 bits per heavy atom. The first kappa shape index (κ1) is 21.5. The van der Waals surface area contributed by atoms with Gasteiger partial charge in [-0.15, -0.1) is 0 Å². The lowest BCUT2D eigenvalue weighted by atomic mass is 10.1. The molecule has 2 aromatic carbocycles. The molecule has 0 unspecified atom stereocenters. The van der Waals surface area contributed by atoms with Crippen LogP contribution in [0.1, 0.15) is 55.4 Å². The van der Waals surface area contributed by atoms with Gasteiger partial charge in [-0.2, -0.15) is 5.10 Å². The Hall–Kier alpha value is -2.82. The number of hydrogen-bond donors (Lipinski definition) is 1. The molecule has 0 saturated heterocycles. The maximum Gasteiger partial charge on any atom is 0.240 e. The molecule has 0 atom stereocenters. The molecule has 0 radical (unpaired) electrons. The molecule has 0 fully saturated rings. The Bertz CT molecular complexity index is 815. The Kier molecular flexibility index (Phi) is 8.53. The van der Waals surface area contributed by atoms with Crippen molar-refractivity contribution in [1.82, 2.24) is 5.43 Å². The lowest BCUT2D eigenvalue weighted by Crippen LogP contribution is -2.16. The highest BCUT2D eigenvalue weighted by atomic mass is 16.5. The molecule has 0 spiro atoms. The number of ether oxygens (including phenoxy) is 2. The van der Waals surface area contributed by atoms with Gasteiger partial charge in [-0.05, 0) is 62.1 Å². The molecule has 0 aliphatic rings. The minimum atomic E-state index is -0.0726. The van der Waals surface area contributed by atoms with Gasteiger partial charge < -0.3 is 9.47 Å². The summed E-state index contributed by atoms with van der Waals surface area (Å²) in [6.07, 6.45) is 3.95. The van der Waals surface area contributed by atoms with Crippen LogP contribution >= 0.6 is 0 Å². The predicted molar refractivity (Wildman–Crippen MR) is 113 cm³/mol. The summed E-state index contributed by atoms with van der Waals surface area (Å²) >= 11 is 0. The maximum absolute atomic E-state index is 11.6. The van der Waals surface area contributed by atoms with Crippen molar-refractivity contribution in [3.05, 3.63) is 58.7 Å². The second kappa shape index (κ2) is 11.1. The second-order valence-electron chi connectivity index (χ2n) is 6.75. The van der Waals surface area contributed by atoms with Crippen LogP contribution in [0.3, 0.4) is 0 Å². The van der Waals surface area contributed by atoms with Crippen molar-refractivity contribution in [3.8, 4) is 11.5 Å². The summed E-state index contributed by atoms with van der Waals surface area (Å²) in [5.74, 6) is 1.28. The Morgan fingerprint density at radius 1 is 1.07 bits per heavy atom. The quantitative estimate of drug-likeness (QED) is 0.469. The number of unbranched alkanes of at least 4 members (excludes halogenated alkanes) is 1. The summed E-state index contributed by atoms with van der Waals surface area (Å²) in [6, 6.07) is 12.0. The number of hydrazone groups is 1. The molecule has 28 heavy (non-hydrogen) atoms. The third-order valence-electron chi connectivity index (χ3n) is 4.32. The second-order valence-corrected chi connectivity index (χ2v) is 6.75. The van der Waals surface area contributed by atoms with Gasteiger partial charge in [-0.1, -0.05) is 37.1 Å². The van der Waals surface area contributed by atoms with Gasteiger partial charge in [0.25, 0.3) is 0 Å². The molecule has 1 N–H and O–H groups in total. The van der Waals surface area contributed by atoms with Crippen LogP contribution < -0.4 is 14.9 Å². The molecular formula is C23H30N2O3. The maximum atomic E-state index is 11.6. The average Bonchev–Trinajstić information content (AvgIpc) is 2.68. The minimum Gasteiger partial charge on any atom is -0.490 e. The summed E-state index contributed by atoms with van der Waals surface area (Å²) in [5.41, 5.74) is 6.95. The Labute approximate surface area is 167 Å². The van der Waals surface area contributed by atoms with Crippen LogP contribution in [0.2, 0.25) is 0 Å². The molecule has 5 heteroatoms. The van der Waals surface area contributed by atoms with E-state index in [4.69, 9.17) is 9.47 Å². The van der Waals surface area contributed by atoms with Gasteiger partial charge in [-0.25, -0.2) is 5.43 Å². The number of amides is 1. The number of benzene rings is 2. The molecule has 0 bridgehead atoms. The van der Waals surface area contributed by atoms with Crippen molar-refractivity contribution in [3.63, 3.8) is 0 Å². The zero-order valence-corrected chi connectivity index (χ0v) is 17.2. The van der Waals surface area contributed by atoms with Crippen LogP contribution in [0.15, 0.2) is 41.5 Å². The number of carbonyl (C=O) groups is 1. The summed E-state index contributed by atoms with van der Waals surface area (Å²) in [4.78, 5) is 11.6. The molecule has 150 valence electrons. The zero-order valence-electron chi connectivity index (χ0n) is 17.2. The third-order valence-corrected chi connectivity index (χ3v) is 4.32. The van der Waals surface area contributed by atoms with Gasteiger partial charge in [0.2, 0.25) is 5.91 Å². The first-order valence-corrected chi connectivity index (χ1v) is 9.81. The van der Waals surface area contributed by atoms with E-state index in [1.54, 1.807) is 6.21 Å². The fourth-order valence-corrected chi connectivity index (χ4v) is 2.68. The van der Waals surface area contributed by atoms with Crippen molar-refractivity contribution in [2.75, 3.05) is 6.61 Å². The molecule has 0 aromatic heterocycles. The van der Waals surface area contributed by atoms with Crippen LogP contribution in [0.25, 0.3) is 0 Å². The third kappa shape index (κ3) is 6.72. The largest absolute Gasteiger partial charge is 0.490 e. The van der Waals surface area contributed by atoms with Crippen molar-refractivity contribution in [1.29, 1.82) is 0 Å².